The third kappa shape index (κ3) is 7.52. The number of carbonyl (C=O) groups is 1. The van der Waals surface area contributed by atoms with Gasteiger partial charge in [-0.3, -0.25) is 9.69 Å². The van der Waals surface area contributed by atoms with Gasteiger partial charge in [-0.25, -0.2) is 0 Å². The number of amides is 1. The average molecular weight is 507 g/mol. The molecule has 4 rings (SSSR count). The zero-order valence-corrected chi connectivity index (χ0v) is 20.1. The fourth-order valence-electron chi connectivity index (χ4n) is 4.93. The number of aliphatic hydroxyl groups is 1. The van der Waals surface area contributed by atoms with Crippen molar-refractivity contribution in [2.45, 2.75) is 62.8 Å². The number of β-amino-alcohol motifs (C(OH)–C–C–N with tert-alkyl or cyclic N) is 1. The number of hydrogen-bond donors (Lipinski definition) is 2. The molecule has 6 nitrogen and oxygen atoms in total. The second kappa shape index (κ2) is 12.2. The van der Waals surface area contributed by atoms with E-state index in [4.69, 9.17) is 9.47 Å². The molecule has 0 radical (unpaired) electrons. The second-order valence-electron chi connectivity index (χ2n) is 9.55. The van der Waals surface area contributed by atoms with Gasteiger partial charge in [0.05, 0.1) is 43.5 Å². The summed E-state index contributed by atoms with van der Waals surface area (Å²) < 4.78 is 50.7. The van der Waals surface area contributed by atoms with E-state index >= 15 is 0 Å². The number of benzene rings is 2. The second-order valence-corrected chi connectivity index (χ2v) is 9.55. The molecule has 2 aromatic rings. The van der Waals surface area contributed by atoms with E-state index in [0.717, 1.165) is 36.1 Å². The zero-order chi connectivity index (χ0) is 25.5. The highest BCUT2D eigenvalue weighted by Crippen LogP contribution is 2.31. The number of hydrogen-bond acceptors (Lipinski definition) is 5. The van der Waals surface area contributed by atoms with Gasteiger partial charge in [0.15, 0.2) is 0 Å². The lowest BCUT2D eigenvalue weighted by atomic mass is 9.94. The van der Waals surface area contributed by atoms with Crippen LogP contribution in [0.3, 0.4) is 0 Å². The van der Waals surface area contributed by atoms with Gasteiger partial charge in [0.1, 0.15) is 0 Å². The number of rotatable bonds is 7. The van der Waals surface area contributed by atoms with Crippen molar-refractivity contribution in [2.24, 2.45) is 0 Å². The summed E-state index contributed by atoms with van der Waals surface area (Å²) in [5.74, 6) is -0.0572. The van der Waals surface area contributed by atoms with Crippen molar-refractivity contribution in [1.82, 2.24) is 10.2 Å². The summed E-state index contributed by atoms with van der Waals surface area (Å²) in [4.78, 5) is 14.6. The summed E-state index contributed by atoms with van der Waals surface area (Å²) >= 11 is 0. The molecule has 0 unspecified atom stereocenters. The Labute approximate surface area is 209 Å². The van der Waals surface area contributed by atoms with Crippen LogP contribution in [0.4, 0.5) is 13.2 Å². The molecule has 9 heteroatoms. The van der Waals surface area contributed by atoms with E-state index in [0.29, 0.717) is 26.1 Å². The highest BCUT2D eigenvalue weighted by molar-refractivity contribution is 5.76. The molecule has 36 heavy (non-hydrogen) atoms. The minimum Gasteiger partial charge on any atom is -0.389 e. The summed E-state index contributed by atoms with van der Waals surface area (Å²) in [5.41, 5.74) is 1.21. The van der Waals surface area contributed by atoms with Gasteiger partial charge in [0.25, 0.3) is 0 Å². The normalized spacial score (nSPS) is 25.4. The Morgan fingerprint density at radius 1 is 1.03 bits per heavy atom. The highest BCUT2D eigenvalue weighted by atomic mass is 19.4. The fraction of sp³-hybridized carbons (Fsp3) is 0.519. The molecule has 0 aliphatic carbocycles. The SMILES string of the molecule is O=C(C[C@@H]1CC[C@@H]2[C@H](COC[C@@H](O)CN2Cc2ccc(C(F)(F)F)cc2)O1)NCCc1ccccc1. The molecule has 0 spiro atoms. The van der Waals surface area contributed by atoms with E-state index in [2.05, 4.69) is 10.2 Å². The van der Waals surface area contributed by atoms with Crippen LogP contribution < -0.4 is 5.32 Å². The molecular formula is C27H33F3N2O4. The summed E-state index contributed by atoms with van der Waals surface area (Å²) in [5, 5.41) is 13.3. The van der Waals surface area contributed by atoms with Crippen LogP contribution in [0.1, 0.15) is 36.0 Å². The Bertz CT molecular complexity index is 971. The van der Waals surface area contributed by atoms with Gasteiger partial charge < -0.3 is 19.9 Å². The monoisotopic (exact) mass is 506 g/mol. The van der Waals surface area contributed by atoms with E-state index in [1.54, 1.807) is 0 Å². The lowest BCUT2D eigenvalue weighted by molar-refractivity contribution is -0.158. The molecule has 2 heterocycles. The first-order valence-corrected chi connectivity index (χ1v) is 12.4. The minimum atomic E-state index is -4.38. The third-order valence-electron chi connectivity index (χ3n) is 6.75. The van der Waals surface area contributed by atoms with Gasteiger partial charge in [-0.05, 0) is 42.5 Å². The van der Waals surface area contributed by atoms with Crippen LogP contribution in [0, 0.1) is 0 Å². The van der Waals surface area contributed by atoms with Crippen LogP contribution in [0.25, 0.3) is 0 Å². The molecule has 4 atom stereocenters. The maximum absolute atomic E-state index is 12.9. The maximum atomic E-state index is 12.9. The molecule has 2 saturated heterocycles. The van der Waals surface area contributed by atoms with Crippen molar-refractivity contribution in [3.8, 4) is 0 Å². The molecular weight excluding hydrogens is 473 g/mol. The quantitative estimate of drug-likeness (QED) is 0.601. The van der Waals surface area contributed by atoms with Gasteiger partial charge in [0, 0.05) is 25.7 Å². The van der Waals surface area contributed by atoms with E-state index in [1.165, 1.54) is 12.1 Å². The third-order valence-corrected chi connectivity index (χ3v) is 6.75. The largest absolute Gasteiger partial charge is 0.416 e. The molecule has 196 valence electrons. The van der Waals surface area contributed by atoms with Crippen molar-refractivity contribution in [3.05, 3.63) is 71.3 Å². The van der Waals surface area contributed by atoms with Crippen LogP contribution in [-0.2, 0) is 33.4 Å². The van der Waals surface area contributed by atoms with E-state index in [1.807, 2.05) is 30.3 Å². The molecule has 0 saturated carbocycles. The number of fused-ring (bicyclic) bond motifs is 1. The van der Waals surface area contributed by atoms with Crippen molar-refractivity contribution < 1.29 is 32.5 Å². The Morgan fingerprint density at radius 3 is 2.50 bits per heavy atom. The first kappa shape index (κ1) is 26.6. The Hall–Kier alpha value is -2.46. The Morgan fingerprint density at radius 2 is 1.78 bits per heavy atom. The molecule has 0 aromatic heterocycles. The Balaban J connectivity index is 1.32. The van der Waals surface area contributed by atoms with Crippen LogP contribution >= 0.6 is 0 Å². The summed E-state index contributed by atoms with van der Waals surface area (Å²) in [6.45, 7) is 1.72. The first-order valence-electron chi connectivity index (χ1n) is 12.4. The van der Waals surface area contributed by atoms with Gasteiger partial charge >= 0.3 is 6.18 Å². The number of aliphatic hydroxyl groups excluding tert-OH is 1. The lowest BCUT2D eigenvalue weighted by Gasteiger charge is -2.44. The molecule has 2 fully saturated rings. The molecule has 0 bridgehead atoms. The topological polar surface area (TPSA) is 71.0 Å². The molecule has 1 amide bonds. The first-order chi connectivity index (χ1) is 17.3. The number of nitrogens with zero attached hydrogens (tertiary/aromatic N) is 1. The predicted octanol–water partition coefficient (Wildman–Crippen LogP) is 3.56. The van der Waals surface area contributed by atoms with Gasteiger partial charge in [0.2, 0.25) is 5.91 Å². The van der Waals surface area contributed by atoms with E-state index in [-0.39, 0.29) is 43.8 Å². The minimum absolute atomic E-state index is 0.0572. The molecule has 2 aliphatic heterocycles. The predicted molar refractivity (Wildman–Crippen MR) is 128 cm³/mol. The van der Waals surface area contributed by atoms with Crippen LogP contribution in [0.5, 0.6) is 0 Å². The van der Waals surface area contributed by atoms with Crippen molar-refractivity contribution >= 4 is 5.91 Å². The molecule has 2 aromatic carbocycles. The van der Waals surface area contributed by atoms with Gasteiger partial charge in [-0.1, -0.05) is 42.5 Å². The lowest BCUT2D eigenvalue weighted by Crippen LogP contribution is -2.55. The maximum Gasteiger partial charge on any atom is 0.416 e. The van der Waals surface area contributed by atoms with Gasteiger partial charge in [-0.2, -0.15) is 13.2 Å². The molecule has 2 aliphatic rings. The van der Waals surface area contributed by atoms with Crippen molar-refractivity contribution in [3.63, 3.8) is 0 Å². The highest BCUT2D eigenvalue weighted by Gasteiger charge is 2.38. The smallest absolute Gasteiger partial charge is 0.389 e. The van der Waals surface area contributed by atoms with Crippen LogP contribution in [0.2, 0.25) is 0 Å². The van der Waals surface area contributed by atoms with E-state index in [9.17, 15) is 23.1 Å². The molecule has 2 N–H and O–H groups in total. The van der Waals surface area contributed by atoms with Crippen LogP contribution in [-0.4, -0.2) is 66.6 Å². The summed E-state index contributed by atoms with van der Waals surface area (Å²) in [7, 11) is 0. The number of carbonyl (C=O) groups excluding carboxylic acids is 1. The zero-order valence-electron chi connectivity index (χ0n) is 20.1. The average Bonchev–Trinajstić information content (AvgIpc) is 2.83. The van der Waals surface area contributed by atoms with Gasteiger partial charge in [-0.15, -0.1) is 0 Å². The number of halogens is 3. The summed E-state index contributed by atoms with van der Waals surface area (Å²) in [6.07, 6.45) is -3.16. The number of alkyl halides is 3. The van der Waals surface area contributed by atoms with Crippen molar-refractivity contribution in [1.29, 1.82) is 0 Å². The van der Waals surface area contributed by atoms with E-state index < -0.39 is 17.8 Å². The van der Waals surface area contributed by atoms with Crippen LogP contribution in [0.15, 0.2) is 54.6 Å². The summed E-state index contributed by atoms with van der Waals surface area (Å²) in [6, 6.07) is 15.0. The fourth-order valence-corrected chi connectivity index (χ4v) is 4.93. The van der Waals surface area contributed by atoms with Crippen molar-refractivity contribution in [2.75, 3.05) is 26.3 Å². The number of nitrogens with one attached hydrogen (secondary N) is 1. The standard InChI is InChI=1S/C27H33F3N2O4/c28-27(29,30)21-8-6-20(7-9-21)15-32-16-22(33)17-35-18-25-24(32)11-10-23(36-25)14-26(34)31-13-12-19-4-2-1-3-5-19/h1-9,22-25,33H,10-18H2,(H,31,34)/t22-,23-,24+,25-/m0/s1. The Kier molecular flexibility index (Phi) is 9.00. The number of ether oxygens (including phenoxy) is 2.